The van der Waals surface area contributed by atoms with Gasteiger partial charge in [0, 0.05) is 23.0 Å². The van der Waals surface area contributed by atoms with Crippen molar-refractivity contribution in [3.05, 3.63) is 29.6 Å². The average Bonchev–Trinajstić information content (AvgIpc) is 2.59. The first kappa shape index (κ1) is 10.4. The zero-order valence-electron chi connectivity index (χ0n) is 10.1. The number of hydrazone groups is 1. The van der Waals surface area contributed by atoms with E-state index in [1.54, 1.807) is 0 Å². The van der Waals surface area contributed by atoms with E-state index in [9.17, 15) is 0 Å². The minimum Gasteiger partial charge on any atom is -0.245 e. The Morgan fingerprint density at radius 3 is 2.76 bits per heavy atom. The third-order valence-electron chi connectivity index (χ3n) is 3.44. The van der Waals surface area contributed by atoms with Crippen LogP contribution in [0.25, 0.3) is 0 Å². The third kappa shape index (κ3) is 1.95. The Bertz CT molecular complexity index is 484. The van der Waals surface area contributed by atoms with Crippen LogP contribution in [0.1, 0.15) is 24.2 Å². The first-order valence-corrected chi connectivity index (χ1v) is 6.04. The van der Waals surface area contributed by atoms with Gasteiger partial charge in [0.1, 0.15) is 0 Å². The van der Waals surface area contributed by atoms with Gasteiger partial charge in [-0.3, -0.25) is 0 Å². The standard InChI is InChI=1S/C13H16N4/c1-8-6-9(2)15-13(14-8)17-16-12-7-10-4-3-5-11(10)12/h3-4,6,10-11H,5,7H2,1-2H3,(H,14,15,17)/b16-12+. The summed E-state index contributed by atoms with van der Waals surface area (Å²) in [6, 6.07) is 1.96. The summed E-state index contributed by atoms with van der Waals surface area (Å²) < 4.78 is 0. The van der Waals surface area contributed by atoms with Crippen LogP contribution in [0.3, 0.4) is 0 Å². The minimum atomic E-state index is 0.601. The van der Waals surface area contributed by atoms with E-state index in [-0.39, 0.29) is 0 Å². The molecule has 1 fully saturated rings. The quantitative estimate of drug-likeness (QED) is 0.625. The summed E-state index contributed by atoms with van der Waals surface area (Å²) in [5, 5.41) is 4.43. The van der Waals surface area contributed by atoms with Gasteiger partial charge in [-0.05, 0) is 38.7 Å². The van der Waals surface area contributed by atoms with Crippen LogP contribution in [0.15, 0.2) is 23.3 Å². The van der Waals surface area contributed by atoms with E-state index < -0.39 is 0 Å². The summed E-state index contributed by atoms with van der Waals surface area (Å²) in [5.41, 5.74) is 6.17. The Kier molecular flexibility index (Phi) is 2.42. The van der Waals surface area contributed by atoms with E-state index in [1.165, 1.54) is 5.71 Å². The van der Waals surface area contributed by atoms with E-state index in [4.69, 9.17) is 0 Å². The van der Waals surface area contributed by atoms with Gasteiger partial charge in [0.05, 0.1) is 0 Å². The van der Waals surface area contributed by atoms with Crippen LogP contribution in [0, 0.1) is 25.7 Å². The minimum absolute atomic E-state index is 0.601. The number of allylic oxidation sites excluding steroid dienone is 2. The fourth-order valence-corrected chi connectivity index (χ4v) is 2.56. The second-order valence-corrected chi connectivity index (χ2v) is 4.83. The molecule has 0 spiro atoms. The second kappa shape index (κ2) is 3.95. The van der Waals surface area contributed by atoms with Crippen LogP contribution < -0.4 is 5.43 Å². The monoisotopic (exact) mass is 228 g/mol. The van der Waals surface area contributed by atoms with Crippen LogP contribution in [-0.4, -0.2) is 15.7 Å². The summed E-state index contributed by atoms with van der Waals surface area (Å²) in [4.78, 5) is 8.61. The molecule has 2 atom stereocenters. The third-order valence-corrected chi connectivity index (χ3v) is 3.44. The number of fused-ring (bicyclic) bond motifs is 1. The zero-order valence-corrected chi connectivity index (χ0v) is 10.1. The number of nitrogens with zero attached hydrogens (tertiary/aromatic N) is 3. The number of aryl methyl sites for hydroxylation is 2. The highest BCUT2D eigenvalue weighted by Gasteiger charge is 2.37. The Balaban J connectivity index is 1.70. The highest BCUT2D eigenvalue weighted by atomic mass is 15.4. The molecule has 3 rings (SSSR count). The molecule has 0 radical (unpaired) electrons. The lowest BCUT2D eigenvalue weighted by molar-refractivity contribution is 0.466. The zero-order chi connectivity index (χ0) is 11.8. The van der Waals surface area contributed by atoms with Crippen molar-refractivity contribution in [2.75, 3.05) is 5.43 Å². The van der Waals surface area contributed by atoms with Gasteiger partial charge in [-0.2, -0.15) is 5.10 Å². The molecule has 0 aromatic carbocycles. The Labute approximate surface area is 101 Å². The number of aromatic nitrogens is 2. The van der Waals surface area contributed by atoms with Crippen LogP contribution in [-0.2, 0) is 0 Å². The van der Waals surface area contributed by atoms with Crippen LogP contribution in [0.2, 0.25) is 0 Å². The van der Waals surface area contributed by atoms with E-state index in [1.807, 2.05) is 19.9 Å². The molecule has 2 aliphatic rings. The van der Waals surface area contributed by atoms with Gasteiger partial charge in [0.25, 0.3) is 0 Å². The molecule has 2 unspecified atom stereocenters. The van der Waals surface area contributed by atoms with Crippen LogP contribution >= 0.6 is 0 Å². The largest absolute Gasteiger partial charge is 0.245 e. The first-order chi connectivity index (χ1) is 8.22. The number of hydrogen-bond acceptors (Lipinski definition) is 4. The molecule has 1 aromatic rings. The molecule has 0 saturated heterocycles. The van der Waals surface area contributed by atoms with Crippen molar-refractivity contribution in [3.63, 3.8) is 0 Å². The lowest BCUT2D eigenvalue weighted by Gasteiger charge is -2.31. The first-order valence-electron chi connectivity index (χ1n) is 6.04. The van der Waals surface area contributed by atoms with Crippen molar-refractivity contribution in [3.8, 4) is 0 Å². The van der Waals surface area contributed by atoms with Crippen LogP contribution in [0.5, 0.6) is 0 Å². The summed E-state index contributed by atoms with van der Waals surface area (Å²) in [6.07, 6.45) is 6.78. The summed E-state index contributed by atoms with van der Waals surface area (Å²) in [6.45, 7) is 3.93. The van der Waals surface area contributed by atoms with Crippen molar-refractivity contribution in [2.24, 2.45) is 16.9 Å². The highest BCUT2D eigenvalue weighted by molar-refractivity contribution is 5.94. The Morgan fingerprint density at radius 1 is 1.29 bits per heavy atom. The number of nitrogens with one attached hydrogen (secondary N) is 1. The Hall–Kier alpha value is -1.71. The predicted octanol–water partition coefficient (Wildman–Crippen LogP) is 2.46. The van der Waals surface area contributed by atoms with Crippen molar-refractivity contribution < 1.29 is 0 Å². The number of anilines is 1. The number of rotatable bonds is 2. The lowest BCUT2D eigenvalue weighted by atomic mass is 9.74. The van der Waals surface area contributed by atoms with Gasteiger partial charge in [-0.1, -0.05) is 12.2 Å². The molecular formula is C13H16N4. The van der Waals surface area contributed by atoms with E-state index in [2.05, 4.69) is 32.6 Å². The molecule has 0 bridgehead atoms. The highest BCUT2D eigenvalue weighted by Crippen LogP contribution is 2.40. The van der Waals surface area contributed by atoms with Crippen molar-refractivity contribution in [1.29, 1.82) is 0 Å². The molecule has 1 saturated carbocycles. The molecule has 88 valence electrons. The van der Waals surface area contributed by atoms with E-state index >= 15 is 0 Å². The fourth-order valence-electron chi connectivity index (χ4n) is 2.56. The maximum atomic E-state index is 4.43. The molecule has 0 amide bonds. The maximum Gasteiger partial charge on any atom is 0.243 e. The summed E-state index contributed by atoms with van der Waals surface area (Å²) >= 11 is 0. The van der Waals surface area contributed by atoms with Gasteiger partial charge < -0.3 is 0 Å². The average molecular weight is 228 g/mol. The maximum absolute atomic E-state index is 4.43. The van der Waals surface area contributed by atoms with E-state index in [0.717, 1.165) is 30.1 Å². The predicted molar refractivity (Wildman–Crippen MR) is 67.9 cm³/mol. The molecule has 1 aromatic heterocycles. The van der Waals surface area contributed by atoms with Gasteiger partial charge in [0.2, 0.25) is 5.95 Å². The molecule has 2 aliphatic carbocycles. The van der Waals surface area contributed by atoms with E-state index in [0.29, 0.717) is 11.9 Å². The van der Waals surface area contributed by atoms with Gasteiger partial charge >= 0.3 is 0 Å². The SMILES string of the molecule is Cc1cc(C)nc(N/N=C2\CC3C=CCC23)n1. The molecule has 0 aliphatic heterocycles. The van der Waals surface area contributed by atoms with Crippen LogP contribution in [0.4, 0.5) is 5.95 Å². The fraction of sp³-hybridized carbons (Fsp3) is 0.462. The second-order valence-electron chi connectivity index (χ2n) is 4.83. The smallest absolute Gasteiger partial charge is 0.243 e. The summed E-state index contributed by atoms with van der Waals surface area (Å²) in [7, 11) is 0. The van der Waals surface area contributed by atoms with Gasteiger partial charge in [-0.15, -0.1) is 0 Å². The molecular weight excluding hydrogens is 212 g/mol. The molecule has 17 heavy (non-hydrogen) atoms. The Morgan fingerprint density at radius 2 is 2.06 bits per heavy atom. The molecule has 4 heteroatoms. The lowest BCUT2D eigenvalue weighted by Crippen LogP contribution is -2.33. The number of hydrogen-bond donors (Lipinski definition) is 1. The van der Waals surface area contributed by atoms with Crippen molar-refractivity contribution in [2.45, 2.75) is 26.7 Å². The van der Waals surface area contributed by atoms with Crippen molar-refractivity contribution in [1.82, 2.24) is 9.97 Å². The molecule has 4 nitrogen and oxygen atoms in total. The summed E-state index contributed by atoms with van der Waals surface area (Å²) in [5.74, 6) is 1.97. The molecule has 1 N–H and O–H groups in total. The topological polar surface area (TPSA) is 50.2 Å². The van der Waals surface area contributed by atoms with Gasteiger partial charge in [0.15, 0.2) is 0 Å². The molecule has 1 heterocycles. The van der Waals surface area contributed by atoms with Gasteiger partial charge in [-0.25, -0.2) is 15.4 Å². The van der Waals surface area contributed by atoms with Crippen molar-refractivity contribution >= 4 is 11.7 Å². The normalized spacial score (nSPS) is 28.0.